The van der Waals surface area contributed by atoms with Gasteiger partial charge in [0.25, 0.3) is 0 Å². The molecule has 0 saturated carbocycles. The van der Waals surface area contributed by atoms with Crippen molar-refractivity contribution in [2.75, 3.05) is 4.90 Å². The van der Waals surface area contributed by atoms with Crippen molar-refractivity contribution in [3.8, 4) is 50.8 Å². The van der Waals surface area contributed by atoms with Crippen molar-refractivity contribution in [1.29, 1.82) is 0 Å². The number of benzene rings is 4. The van der Waals surface area contributed by atoms with Gasteiger partial charge in [-0.3, -0.25) is 19.5 Å². The number of pyridine rings is 4. The number of hydrogen-bond donors (Lipinski definition) is 0. The highest BCUT2D eigenvalue weighted by Crippen LogP contribution is 2.44. The van der Waals surface area contributed by atoms with E-state index >= 15 is 0 Å². The fourth-order valence-electron chi connectivity index (χ4n) is 7.09. The molecule has 6 nitrogen and oxygen atoms in total. The van der Waals surface area contributed by atoms with Crippen LogP contribution < -0.4 is 4.90 Å². The van der Waals surface area contributed by atoms with Gasteiger partial charge in [0.15, 0.2) is 0 Å². The molecule has 252 valence electrons. The Morgan fingerprint density at radius 2 is 1.11 bits per heavy atom. The van der Waals surface area contributed by atoms with Gasteiger partial charge in [-0.25, -0.2) is 4.98 Å². The van der Waals surface area contributed by atoms with Crippen molar-refractivity contribution in [2.45, 2.75) is 6.92 Å². The van der Waals surface area contributed by atoms with Gasteiger partial charge in [0.2, 0.25) is 0 Å². The van der Waals surface area contributed by atoms with Crippen molar-refractivity contribution >= 4 is 28.0 Å². The maximum Gasteiger partial charge on any atom is 0.137 e. The lowest BCUT2D eigenvalue weighted by molar-refractivity contribution is 1.04. The molecule has 0 saturated heterocycles. The summed E-state index contributed by atoms with van der Waals surface area (Å²) in [5.41, 5.74) is 13.1. The SMILES string of the molecule is Cc1cnc(-c2cccc(N(c3ccccc3)c3ccc4c(-c5ccccn5)c(-c5ccccn5)n(-c5ccccn5)c4c3)c2)cc1-c1ccccc1. The molecule has 5 aromatic heterocycles. The van der Waals surface area contributed by atoms with E-state index in [0.717, 1.165) is 73.2 Å². The maximum absolute atomic E-state index is 4.90. The number of aryl methyl sites for hydroxylation is 1. The first-order valence-corrected chi connectivity index (χ1v) is 17.6. The van der Waals surface area contributed by atoms with Crippen LogP contribution in [0.1, 0.15) is 5.56 Å². The Kier molecular flexibility index (Phi) is 8.31. The molecule has 9 aromatic rings. The number of aromatic nitrogens is 5. The van der Waals surface area contributed by atoms with Gasteiger partial charge in [-0.1, -0.05) is 84.9 Å². The molecule has 0 bridgehead atoms. The highest BCUT2D eigenvalue weighted by Gasteiger charge is 2.25. The third-order valence-corrected chi connectivity index (χ3v) is 9.52. The average Bonchev–Trinajstić information content (AvgIpc) is 3.57. The Hall–Kier alpha value is -7.18. The van der Waals surface area contributed by atoms with E-state index in [1.54, 1.807) is 0 Å². The second-order valence-corrected chi connectivity index (χ2v) is 12.9. The maximum atomic E-state index is 4.90. The van der Waals surface area contributed by atoms with Crippen LogP contribution in [0.4, 0.5) is 17.1 Å². The first-order chi connectivity index (χ1) is 26.2. The summed E-state index contributed by atoms with van der Waals surface area (Å²) < 4.78 is 2.21. The lowest BCUT2D eigenvalue weighted by Crippen LogP contribution is -2.10. The number of anilines is 3. The van der Waals surface area contributed by atoms with Crippen LogP contribution in [-0.2, 0) is 0 Å². The van der Waals surface area contributed by atoms with E-state index in [1.807, 2.05) is 85.5 Å². The van der Waals surface area contributed by atoms with E-state index in [0.29, 0.717) is 0 Å². The molecule has 0 atom stereocenters. The summed E-state index contributed by atoms with van der Waals surface area (Å²) >= 11 is 0. The summed E-state index contributed by atoms with van der Waals surface area (Å²) in [5.74, 6) is 0.797. The lowest BCUT2D eigenvalue weighted by Gasteiger charge is -2.26. The van der Waals surface area contributed by atoms with Gasteiger partial charge in [-0.2, -0.15) is 0 Å². The number of rotatable bonds is 8. The summed E-state index contributed by atoms with van der Waals surface area (Å²) in [4.78, 5) is 21.7. The van der Waals surface area contributed by atoms with E-state index in [9.17, 15) is 0 Å². The van der Waals surface area contributed by atoms with Crippen molar-refractivity contribution in [3.05, 3.63) is 194 Å². The largest absolute Gasteiger partial charge is 0.310 e. The van der Waals surface area contributed by atoms with Crippen LogP contribution in [0.3, 0.4) is 0 Å². The Morgan fingerprint density at radius 3 is 1.83 bits per heavy atom. The van der Waals surface area contributed by atoms with Crippen LogP contribution in [0.2, 0.25) is 0 Å². The minimum Gasteiger partial charge on any atom is -0.310 e. The first-order valence-electron chi connectivity index (χ1n) is 17.6. The van der Waals surface area contributed by atoms with Crippen LogP contribution in [0.15, 0.2) is 189 Å². The molecule has 5 heterocycles. The van der Waals surface area contributed by atoms with Gasteiger partial charge in [0.1, 0.15) is 5.82 Å². The smallest absolute Gasteiger partial charge is 0.137 e. The highest BCUT2D eigenvalue weighted by molar-refractivity contribution is 6.06. The molecule has 0 N–H and O–H groups in total. The monoisotopic (exact) mass is 682 g/mol. The Morgan fingerprint density at radius 1 is 0.472 bits per heavy atom. The Balaban J connectivity index is 1.26. The minimum atomic E-state index is 0.797. The van der Waals surface area contributed by atoms with Gasteiger partial charge >= 0.3 is 0 Å². The van der Waals surface area contributed by atoms with Crippen LogP contribution in [0.5, 0.6) is 0 Å². The Labute approximate surface area is 308 Å². The van der Waals surface area contributed by atoms with E-state index in [-0.39, 0.29) is 0 Å². The molecule has 4 aromatic carbocycles. The van der Waals surface area contributed by atoms with E-state index in [1.165, 1.54) is 11.1 Å². The molecule has 6 heteroatoms. The van der Waals surface area contributed by atoms with Crippen molar-refractivity contribution < 1.29 is 0 Å². The normalized spacial score (nSPS) is 11.1. The molecule has 0 radical (unpaired) electrons. The predicted molar refractivity (Wildman–Crippen MR) is 216 cm³/mol. The molecular formula is C47H34N6. The summed E-state index contributed by atoms with van der Waals surface area (Å²) in [6.45, 7) is 2.11. The molecule has 53 heavy (non-hydrogen) atoms. The summed E-state index contributed by atoms with van der Waals surface area (Å²) in [6, 6.07) is 56.5. The predicted octanol–water partition coefficient (Wildman–Crippen LogP) is 11.7. The van der Waals surface area contributed by atoms with E-state index in [4.69, 9.17) is 19.9 Å². The molecule has 0 spiro atoms. The van der Waals surface area contributed by atoms with Crippen molar-refractivity contribution in [2.24, 2.45) is 0 Å². The zero-order valence-electron chi connectivity index (χ0n) is 29.1. The molecule has 0 aliphatic rings. The molecular weight excluding hydrogens is 649 g/mol. The molecule has 0 aliphatic heterocycles. The molecule has 0 unspecified atom stereocenters. The third kappa shape index (κ3) is 6.02. The molecule has 0 aliphatic carbocycles. The number of para-hydroxylation sites is 1. The summed E-state index contributed by atoms with van der Waals surface area (Å²) in [7, 11) is 0. The van der Waals surface area contributed by atoms with Crippen LogP contribution in [0.25, 0.3) is 61.8 Å². The van der Waals surface area contributed by atoms with Crippen molar-refractivity contribution in [1.82, 2.24) is 24.5 Å². The fourth-order valence-corrected chi connectivity index (χ4v) is 7.09. The van der Waals surface area contributed by atoms with Crippen LogP contribution >= 0.6 is 0 Å². The fraction of sp³-hybridized carbons (Fsp3) is 0.0213. The van der Waals surface area contributed by atoms with Crippen LogP contribution in [0, 0.1) is 6.92 Å². The van der Waals surface area contributed by atoms with Gasteiger partial charge in [0.05, 0.1) is 28.3 Å². The quantitative estimate of drug-likeness (QED) is 0.160. The van der Waals surface area contributed by atoms with Gasteiger partial charge in [-0.05, 0) is 102 Å². The second-order valence-electron chi connectivity index (χ2n) is 12.9. The average molecular weight is 683 g/mol. The van der Waals surface area contributed by atoms with Gasteiger partial charge in [-0.15, -0.1) is 0 Å². The highest BCUT2D eigenvalue weighted by atomic mass is 15.1. The standard InChI is InChI=1S/C47H34N6/c1-33-32-51-43(31-40(33)34-15-4-2-5-16-34)35-17-14-20-37(29-35)52(36-18-6-3-7-19-36)38-24-25-39-44(30-38)53(45-23-10-13-28-50-45)47(42-22-9-12-27-49-42)46(39)41-21-8-11-26-48-41/h2-32H,1H3. The molecule has 9 rings (SSSR count). The second kappa shape index (κ2) is 13.9. The number of fused-ring (bicyclic) bond motifs is 1. The molecule has 0 fully saturated rings. The number of nitrogens with zero attached hydrogens (tertiary/aromatic N) is 6. The molecule has 0 amide bonds. The zero-order chi connectivity index (χ0) is 35.6. The first kappa shape index (κ1) is 31.8. The van der Waals surface area contributed by atoms with Gasteiger partial charge in [0, 0.05) is 58.4 Å². The van der Waals surface area contributed by atoms with Crippen LogP contribution in [-0.4, -0.2) is 24.5 Å². The van der Waals surface area contributed by atoms with Gasteiger partial charge < -0.3 is 4.90 Å². The van der Waals surface area contributed by atoms with E-state index < -0.39 is 0 Å². The topological polar surface area (TPSA) is 59.7 Å². The zero-order valence-corrected chi connectivity index (χ0v) is 29.1. The summed E-state index contributed by atoms with van der Waals surface area (Å²) in [5, 5.41) is 1.05. The van der Waals surface area contributed by atoms with E-state index in [2.05, 4.69) is 120 Å². The minimum absolute atomic E-state index is 0.797. The van der Waals surface area contributed by atoms with Crippen molar-refractivity contribution in [3.63, 3.8) is 0 Å². The number of hydrogen-bond acceptors (Lipinski definition) is 5. The summed E-state index contributed by atoms with van der Waals surface area (Å²) in [6.07, 6.45) is 7.47. The lowest BCUT2D eigenvalue weighted by atomic mass is 9.99. The Bertz CT molecular complexity index is 2660. The third-order valence-electron chi connectivity index (χ3n) is 9.52.